The molecule has 0 spiro atoms. The van der Waals surface area contributed by atoms with E-state index in [1.165, 1.54) is 0 Å². The quantitative estimate of drug-likeness (QED) is 0.346. The number of hydrogen-bond acceptors (Lipinski definition) is 4. The van der Waals surface area contributed by atoms with Crippen LogP contribution in [0.1, 0.15) is 21.5 Å². The Bertz CT molecular complexity index is 976. The summed E-state index contributed by atoms with van der Waals surface area (Å²) in [6.07, 6.45) is 0. The van der Waals surface area contributed by atoms with Gasteiger partial charge in [-0.05, 0) is 47.5 Å². The normalized spacial score (nSPS) is 10.5. The highest BCUT2D eigenvalue weighted by Crippen LogP contribution is 2.24. The number of likely N-dealkylation sites (N-methyl/N-ethyl adjacent to an activating group) is 1. The fourth-order valence-corrected chi connectivity index (χ4v) is 3.68. The standard InChI is InChI=1S/C24H22ClNO3S/c1-26(15-18-5-3-2-4-6-18)23(27)16-29-24(28)20-9-7-19(8-10-20)17-30-22-13-11-21(25)12-14-22/h2-14H,15-17H2,1H3. The minimum absolute atomic E-state index is 0.247. The number of hydrogen-bond donors (Lipinski definition) is 0. The number of amides is 1. The molecule has 1 amide bonds. The maximum atomic E-state index is 12.2. The molecule has 0 saturated carbocycles. The van der Waals surface area contributed by atoms with Gasteiger partial charge in [0.05, 0.1) is 5.56 Å². The molecule has 30 heavy (non-hydrogen) atoms. The van der Waals surface area contributed by atoms with E-state index >= 15 is 0 Å². The molecular weight excluding hydrogens is 418 g/mol. The summed E-state index contributed by atoms with van der Waals surface area (Å²) in [5, 5.41) is 0.715. The monoisotopic (exact) mass is 439 g/mol. The molecule has 0 unspecified atom stereocenters. The molecule has 0 radical (unpaired) electrons. The molecule has 0 heterocycles. The Labute approximate surface area is 185 Å². The zero-order chi connectivity index (χ0) is 21.3. The van der Waals surface area contributed by atoms with Gasteiger partial charge in [-0.15, -0.1) is 11.8 Å². The minimum atomic E-state index is -0.506. The summed E-state index contributed by atoms with van der Waals surface area (Å²) in [5.74, 6) is 0.0243. The summed E-state index contributed by atoms with van der Waals surface area (Å²) >= 11 is 7.59. The topological polar surface area (TPSA) is 46.6 Å². The maximum Gasteiger partial charge on any atom is 0.338 e. The van der Waals surface area contributed by atoms with Gasteiger partial charge >= 0.3 is 5.97 Å². The van der Waals surface area contributed by atoms with Crippen molar-refractivity contribution in [1.29, 1.82) is 0 Å². The van der Waals surface area contributed by atoms with E-state index < -0.39 is 5.97 Å². The van der Waals surface area contributed by atoms with E-state index in [1.807, 2.05) is 66.7 Å². The van der Waals surface area contributed by atoms with Crippen LogP contribution in [-0.4, -0.2) is 30.4 Å². The molecule has 3 aromatic carbocycles. The molecule has 0 bridgehead atoms. The van der Waals surface area contributed by atoms with Crippen LogP contribution in [0.3, 0.4) is 0 Å². The van der Waals surface area contributed by atoms with Crippen molar-refractivity contribution in [3.8, 4) is 0 Å². The number of esters is 1. The zero-order valence-corrected chi connectivity index (χ0v) is 18.2. The Morgan fingerprint density at radius 1 is 0.900 bits per heavy atom. The molecular formula is C24H22ClNO3S. The van der Waals surface area contributed by atoms with Gasteiger partial charge in [0.1, 0.15) is 0 Å². The van der Waals surface area contributed by atoms with Gasteiger partial charge in [-0.1, -0.05) is 54.1 Å². The average molecular weight is 440 g/mol. The lowest BCUT2D eigenvalue weighted by Gasteiger charge is -2.17. The van der Waals surface area contributed by atoms with Crippen LogP contribution < -0.4 is 0 Å². The third kappa shape index (κ3) is 6.65. The number of ether oxygens (including phenoxy) is 1. The van der Waals surface area contributed by atoms with Crippen molar-refractivity contribution in [2.24, 2.45) is 0 Å². The number of halogens is 1. The largest absolute Gasteiger partial charge is 0.452 e. The van der Waals surface area contributed by atoms with Crippen molar-refractivity contribution < 1.29 is 14.3 Å². The molecule has 6 heteroatoms. The lowest BCUT2D eigenvalue weighted by Crippen LogP contribution is -2.30. The predicted molar refractivity (Wildman–Crippen MR) is 121 cm³/mol. The molecule has 0 aliphatic rings. The van der Waals surface area contributed by atoms with Crippen LogP contribution in [0, 0.1) is 0 Å². The molecule has 4 nitrogen and oxygen atoms in total. The molecule has 0 aliphatic carbocycles. The highest BCUT2D eigenvalue weighted by Gasteiger charge is 2.14. The first-order valence-electron chi connectivity index (χ1n) is 9.43. The highest BCUT2D eigenvalue weighted by molar-refractivity contribution is 7.98. The first-order valence-corrected chi connectivity index (χ1v) is 10.8. The van der Waals surface area contributed by atoms with E-state index in [4.69, 9.17) is 16.3 Å². The molecule has 0 N–H and O–H groups in total. The number of rotatable bonds is 8. The van der Waals surface area contributed by atoms with Gasteiger partial charge in [0, 0.05) is 29.3 Å². The first kappa shape index (κ1) is 21.9. The Hall–Kier alpha value is -2.76. The van der Waals surface area contributed by atoms with Crippen molar-refractivity contribution in [3.05, 3.63) is 101 Å². The third-order valence-corrected chi connectivity index (χ3v) is 5.76. The maximum absolute atomic E-state index is 12.2. The van der Waals surface area contributed by atoms with E-state index in [1.54, 1.807) is 35.8 Å². The van der Waals surface area contributed by atoms with Crippen LogP contribution in [-0.2, 0) is 21.8 Å². The van der Waals surface area contributed by atoms with Crippen molar-refractivity contribution in [2.45, 2.75) is 17.2 Å². The van der Waals surface area contributed by atoms with Crippen LogP contribution in [0.2, 0.25) is 5.02 Å². The fraction of sp³-hybridized carbons (Fsp3) is 0.167. The summed E-state index contributed by atoms with van der Waals surface area (Å²) in [6.45, 7) is 0.188. The summed E-state index contributed by atoms with van der Waals surface area (Å²) in [5.41, 5.74) is 2.53. The Balaban J connectivity index is 1.45. The molecule has 3 rings (SSSR count). The Kier molecular flexibility index (Phi) is 7.94. The van der Waals surface area contributed by atoms with Crippen LogP contribution in [0.15, 0.2) is 83.8 Å². The highest BCUT2D eigenvalue weighted by atomic mass is 35.5. The summed E-state index contributed by atoms with van der Waals surface area (Å²) in [6, 6.07) is 24.6. The van der Waals surface area contributed by atoms with Gasteiger partial charge in [-0.25, -0.2) is 4.79 Å². The van der Waals surface area contributed by atoms with Crippen LogP contribution in [0.5, 0.6) is 0 Å². The smallest absolute Gasteiger partial charge is 0.338 e. The van der Waals surface area contributed by atoms with Crippen LogP contribution >= 0.6 is 23.4 Å². The van der Waals surface area contributed by atoms with E-state index in [0.29, 0.717) is 17.1 Å². The third-order valence-electron chi connectivity index (χ3n) is 4.42. The number of carbonyl (C=O) groups excluding carboxylic acids is 2. The molecule has 154 valence electrons. The van der Waals surface area contributed by atoms with Crippen LogP contribution in [0.25, 0.3) is 0 Å². The van der Waals surface area contributed by atoms with Crippen LogP contribution in [0.4, 0.5) is 0 Å². The lowest BCUT2D eigenvalue weighted by molar-refractivity contribution is -0.133. The summed E-state index contributed by atoms with van der Waals surface area (Å²) in [4.78, 5) is 27.1. The molecule has 3 aromatic rings. The molecule has 0 fully saturated rings. The molecule has 0 aliphatic heterocycles. The van der Waals surface area contributed by atoms with E-state index in [9.17, 15) is 9.59 Å². The number of nitrogens with zero attached hydrogens (tertiary/aromatic N) is 1. The van der Waals surface area contributed by atoms with E-state index in [-0.39, 0.29) is 12.5 Å². The molecule has 0 aromatic heterocycles. The van der Waals surface area contributed by atoms with Gasteiger partial charge in [-0.3, -0.25) is 4.79 Å². The zero-order valence-electron chi connectivity index (χ0n) is 16.6. The average Bonchev–Trinajstić information content (AvgIpc) is 2.78. The second kappa shape index (κ2) is 10.9. The SMILES string of the molecule is CN(Cc1ccccc1)C(=O)COC(=O)c1ccc(CSc2ccc(Cl)cc2)cc1. The van der Waals surface area contributed by atoms with Gasteiger partial charge in [-0.2, -0.15) is 0 Å². The first-order chi connectivity index (χ1) is 14.5. The second-order valence-electron chi connectivity index (χ2n) is 6.75. The summed E-state index contributed by atoms with van der Waals surface area (Å²) in [7, 11) is 1.69. The number of benzene rings is 3. The van der Waals surface area contributed by atoms with E-state index in [0.717, 1.165) is 21.8 Å². The van der Waals surface area contributed by atoms with Crippen molar-refractivity contribution in [3.63, 3.8) is 0 Å². The Morgan fingerprint density at radius 3 is 2.23 bits per heavy atom. The Morgan fingerprint density at radius 2 is 1.57 bits per heavy atom. The minimum Gasteiger partial charge on any atom is -0.452 e. The van der Waals surface area contributed by atoms with Gasteiger partial charge in [0.2, 0.25) is 0 Å². The van der Waals surface area contributed by atoms with Crippen molar-refractivity contribution in [2.75, 3.05) is 13.7 Å². The number of carbonyl (C=O) groups is 2. The van der Waals surface area contributed by atoms with Crippen molar-refractivity contribution in [1.82, 2.24) is 4.90 Å². The van der Waals surface area contributed by atoms with Gasteiger partial charge < -0.3 is 9.64 Å². The summed E-state index contributed by atoms with van der Waals surface area (Å²) < 4.78 is 5.18. The fourth-order valence-electron chi connectivity index (χ4n) is 2.70. The van der Waals surface area contributed by atoms with E-state index in [2.05, 4.69) is 0 Å². The van der Waals surface area contributed by atoms with Gasteiger partial charge in [0.25, 0.3) is 5.91 Å². The molecule has 0 atom stereocenters. The van der Waals surface area contributed by atoms with Gasteiger partial charge in [0.15, 0.2) is 6.61 Å². The van der Waals surface area contributed by atoms with Crippen molar-refractivity contribution >= 4 is 35.2 Å². The second-order valence-corrected chi connectivity index (χ2v) is 8.24. The number of thioether (sulfide) groups is 1. The molecule has 0 saturated heterocycles. The lowest BCUT2D eigenvalue weighted by atomic mass is 10.1. The predicted octanol–water partition coefficient (Wildman–Crippen LogP) is 5.45.